The zero-order chi connectivity index (χ0) is 24.9. The standard InChI is InChI=1S/C30H30F4O/c1-3-5-19-6-8-20(9-7-19)23-14-15-24(28(32)27(23)31)21-10-12-22(13-11-21)25-16-17-26(35-18-4-2)30(34)29(25)33/h4,10-20H,3,5-9H2,1-2H3. The molecular formula is C30H30F4O. The molecule has 1 nitrogen and oxygen atoms in total. The molecule has 0 unspecified atom stereocenters. The monoisotopic (exact) mass is 482 g/mol. The molecule has 4 rings (SSSR count). The molecule has 184 valence electrons. The molecular weight excluding hydrogens is 452 g/mol. The lowest BCUT2D eigenvalue weighted by molar-refractivity contribution is 0.303. The van der Waals surface area contributed by atoms with Gasteiger partial charge in [0.2, 0.25) is 5.82 Å². The van der Waals surface area contributed by atoms with E-state index in [0.29, 0.717) is 22.6 Å². The van der Waals surface area contributed by atoms with Crippen molar-refractivity contribution >= 4 is 0 Å². The summed E-state index contributed by atoms with van der Waals surface area (Å²) in [7, 11) is 0. The van der Waals surface area contributed by atoms with Crippen molar-refractivity contribution in [2.24, 2.45) is 5.92 Å². The van der Waals surface area contributed by atoms with Crippen molar-refractivity contribution in [1.82, 2.24) is 0 Å². The van der Waals surface area contributed by atoms with Gasteiger partial charge in [-0.2, -0.15) is 4.39 Å². The topological polar surface area (TPSA) is 9.23 Å². The van der Waals surface area contributed by atoms with E-state index in [2.05, 4.69) is 6.92 Å². The fraction of sp³-hybridized carbons (Fsp3) is 0.333. The van der Waals surface area contributed by atoms with Crippen molar-refractivity contribution in [1.29, 1.82) is 0 Å². The van der Waals surface area contributed by atoms with E-state index in [1.807, 2.05) is 0 Å². The van der Waals surface area contributed by atoms with Crippen LogP contribution < -0.4 is 4.74 Å². The van der Waals surface area contributed by atoms with Crippen LogP contribution in [0.3, 0.4) is 0 Å². The number of ether oxygens (including phenoxy) is 1. The van der Waals surface area contributed by atoms with E-state index in [1.165, 1.54) is 24.8 Å². The molecule has 0 saturated heterocycles. The summed E-state index contributed by atoms with van der Waals surface area (Å²) in [4.78, 5) is 0. The third kappa shape index (κ3) is 5.29. The maximum atomic E-state index is 15.1. The SMILES string of the molecule is CC=COc1ccc(-c2ccc(-c3ccc(C4CCC(CCC)CC4)c(F)c3F)cc2)c(F)c1F. The first-order chi connectivity index (χ1) is 16.9. The Morgan fingerprint density at radius 1 is 0.743 bits per heavy atom. The molecule has 0 atom stereocenters. The Kier molecular flexibility index (Phi) is 7.94. The molecule has 0 heterocycles. The van der Waals surface area contributed by atoms with Gasteiger partial charge in [0.05, 0.1) is 6.26 Å². The largest absolute Gasteiger partial charge is 0.462 e. The van der Waals surface area contributed by atoms with Crippen LogP contribution in [0.15, 0.2) is 60.9 Å². The second-order valence-corrected chi connectivity index (χ2v) is 9.24. The summed E-state index contributed by atoms with van der Waals surface area (Å²) in [6, 6.07) is 12.4. The summed E-state index contributed by atoms with van der Waals surface area (Å²) >= 11 is 0. The van der Waals surface area contributed by atoms with Crippen molar-refractivity contribution in [2.75, 3.05) is 0 Å². The van der Waals surface area contributed by atoms with Gasteiger partial charge >= 0.3 is 0 Å². The van der Waals surface area contributed by atoms with Crippen molar-refractivity contribution in [3.63, 3.8) is 0 Å². The fourth-order valence-electron chi connectivity index (χ4n) is 5.09. The Morgan fingerprint density at radius 2 is 1.31 bits per heavy atom. The van der Waals surface area contributed by atoms with Crippen molar-refractivity contribution in [2.45, 2.75) is 58.3 Å². The zero-order valence-electron chi connectivity index (χ0n) is 20.1. The average Bonchev–Trinajstić information content (AvgIpc) is 2.88. The van der Waals surface area contributed by atoms with Crippen LogP contribution in [0.4, 0.5) is 17.6 Å². The summed E-state index contributed by atoms with van der Waals surface area (Å²) in [5, 5.41) is 0. The summed E-state index contributed by atoms with van der Waals surface area (Å²) < 4.78 is 64.2. The highest BCUT2D eigenvalue weighted by Crippen LogP contribution is 2.40. The number of rotatable bonds is 7. The first-order valence-corrected chi connectivity index (χ1v) is 12.3. The first kappa shape index (κ1) is 25.0. The minimum atomic E-state index is -1.09. The van der Waals surface area contributed by atoms with E-state index >= 15 is 8.78 Å². The van der Waals surface area contributed by atoms with Crippen LogP contribution in [0, 0.1) is 29.2 Å². The predicted octanol–water partition coefficient (Wildman–Crippen LogP) is 9.56. The molecule has 3 aromatic rings. The van der Waals surface area contributed by atoms with Gasteiger partial charge in [0, 0.05) is 11.1 Å². The van der Waals surface area contributed by atoms with Gasteiger partial charge in [0.25, 0.3) is 0 Å². The molecule has 35 heavy (non-hydrogen) atoms. The molecule has 0 bridgehead atoms. The van der Waals surface area contributed by atoms with Crippen LogP contribution in [0.1, 0.15) is 63.9 Å². The molecule has 0 amide bonds. The molecule has 1 aliphatic carbocycles. The number of hydrogen-bond acceptors (Lipinski definition) is 1. The quantitative estimate of drug-likeness (QED) is 0.241. The van der Waals surface area contributed by atoms with E-state index in [4.69, 9.17) is 4.74 Å². The normalized spacial score (nSPS) is 18.2. The second-order valence-electron chi connectivity index (χ2n) is 9.24. The van der Waals surface area contributed by atoms with E-state index in [9.17, 15) is 8.78 Å². The Balaban J connectivity index is 1.55. The molecule has 0 radical (unpaired) electrons. The van der Waals surface area contributed by atoms with Crippen molar-refractivity contribution < 1.29 is 22.3 Å². The van der Waals surface area contributed by atoms with Crippen molar-refractivity contribution in [3.8, 4) is 28.0 Å². The van der Waals surface area contributed by atoms with E-state index in [-0.39, 0.29) is 22.8 Å². The molecule has 0 spiro atoms. The fourth-order valence-corrected chi connectivity index (χ4v) is 5.09. The smallest absolute Gasteiger partial charge is 0.201 e. The number of hydrogen-bond donors (Lipinski definition) is 0. The summed E-state index contributed by atoms with van der Waals surface area (Å²) in [5.74, 6) is -3.24. The van der Waals surface area contributed by atoms with Crippen LogP contribution >= 0.6 is 0 Å². The van der Waals surface area contributed by atoms with Gasteiger partial charge in [0.1, 0.15) is 0 Å². The maximum Gasteiger partial charge on any atom is 0.201 e. The molecule has 5 heteroatoms. The highest BCUT2D eigenvalue weighted by Gasteiger charge is 2.26. The third-order valence-electron chi connectivity index (χ3n) is 6.98. The number of allylic oxidation sites excluding steroid dienone is 1. The lowest BCUT2D eigenvalue weighted by Crippen LogP contribution is -2.14. The minimum absolute atomic E-state index is 0.0478. The zero-order valence-corrected chi connectivity index (χ0v) is 20.1. The van der Waals surface area contributed by atoms with Gasteiger partial charge in [-0.05, 0) is 73.3 Å². The summed E-state index contributed by atoms with van der Waals surface area (Å²) in [6.45, 7) is 3.88. The van der Waals surface area contributed by atoms with Gasteiger partial charge < -0.3 is 4.74 Å². The van der Waals surface area contributed by atoms with E-state index < -0.39 is 23.3 Å². The van der Waals surface area contributed by atoms with Gasteiger partial charge in [0.15, 0.2) is 23.2 Å². The first-order valence-electron chi connectivity index (χ1n) is 12.3. The van der Waals surface area contributed by atoms with Crippen LogP contribution in [0.25, 0.3) is 22.3 Å². The summed E-state index contributed by atoms with van der Waals surface area (Å²) in [5.41, 5.74) is 1.55. The Hall–Kier alpha value is -3.08. The van der Waals surface area contributed by atoms with Crippen LogP contribution in [0.2, 0.25) is 0 Å². The van der Waals surface area contributed by atoms with E-state index in [1.54, 1.807) is 49.4 Å². The highest BCUT2D eigenvalue weighted by atomic mass is 19.2. The molecule has 0 aromatic heterocycles. The summed E-state index contributed by atoms with van der Waals surface area (Å²) in [6.07, 6.45) is 9.07. The number of benzene rings is 3. The molecule has 1 aliphatic rings. The Labute approximate surface area is 204 Å². The lowest BCUT2D eigenvalue weighted by atomic mass is 9.77. The van der Waals surface area contributed by atoms with Gasteiger partial charge in [-0.1, -0.05) is 62.2 Å². The predicted molar refractivity (Wildman–Crippen MR) is 132 cm³/mol. The molecule has 1 saturated carbocycles. The Bertz CT molecular complexity index is 1190. The van der Waals surface area contributed by atoms with Crippen LogP contribution in [-0.4, -0.2) is 0 Å². The van der Waals surface area contributed by atoms with Crippen LogP contribution in [0.5, 0.6) is 5.75 Å². The minimum Gasteiger partial charge on any atom is -0.462 e. The molecule has 1 fully saturated rings. The van der Waals surface area contributed by atoms with Crippen LogP contribution in [-0.2, 0) is 0 Å². The van der Waals surface area contributed by atoms with Gasteiger partial charge in [-0.3, -0.25) is 0 Å². The third-order valence-corrected chi connectivity index (χ3v) is 6.98. The molecule has 3 aromatic carbocycles. The average molecular weight is 483 g/mol. The maximum absolute atomic E-state index is 15.1. The molecule has 0 aliphatic heterocycles. The Morgan fingerprint density at radius 3 is 1.89 bits per heavy atom. The van der Waals surface area contributed by atoms with Gasteiger partial charge in [-0.15, -0.1) is 0 Å². The number of halogens is 4. The molecule has 0 N–H and O–H groups in total. The van der Waals surface area contributed by atoms with E-state index in [0.717, 1.165) is 32.1 Å². The highest BCUT2D eigenvalue weighted by molar-refractivity contribution is 5.72. The lowest BCUT2D eigenvalue weighted by Gasteiger charge is -2.29. The van der Waals surface area contributed by atoms with Crippen molar-refractivity contribution in [3.05, 3.63) is 89.7 Å². The van der Waals surface area contributed by atoms with Gasteiger partial charge in [-0.25, -0.2) is 13.2 Å². The second kappa shape index (κ2) is 11.1.